The van der Waals surface area contributed by atoms with Crippen molar-refractivity contribution in [3.63, 3.8) is 0 Å². The van der Waals surface area contributed by atoms with E-state index in [1.54, 1.807) is 0 Å². The van der Waals surface area contributed by atoms with E-state index in [0.717, 1.165) is 12.8 Å². The zero-order valence-electron chi connectivity index (χ0n) is 11.7. The molecule has 1 fully saturated rings. The molecule has 0 aliphatic heterocycles. The molecule has 0 bridgehead atoms. The van der Waals surface area contributed by atoms with Gasteiger partial charge in [-0.3, -0.25) is 4.79 Å². The van der Waals surface area contributed by atoms with Crippen LogP contribution >= 0.6 is 0 Å². The van der Waals surface area contributed by atoms with Crippen LogP contribution in [0.3, 0.4) is 0 Å². The van der Waals surface area contributed by atoms with E-state index in [4.69, 9.17) is 16.9 Å². The first kappa shape index (κ1) is 15.0. The molecule has 18 heavy (non-hydrogen) atoms. The zero-order valence-corrected chi connectivity index (χ0v) is 11.7. The van der Waals surface area contributed by atoms with Crippen LogP contribution in [0, 0.1) is 30.1 Å². The molecule has 1 aliphatic rings. The van der Waals surface area contributed by atoms with Crippen molar-refractivity contribution in [2.45, 2.75) is 58.6 Å². The summed E-state index contributed by atoms with van der Waals surface area (Å²) in [7, 11) is 0. The molecular formula is C15H25NO2. The Balaban J connectivity index is 2.61. The second-order valence-electron chi connectivity index (χ2n) is 5.82. The summed E-state index contributed by atoms with van der Waals surface area (Å²) < 4.78 is 5.59. The Morgan fingerprint density at radius 3 is 2.72 bits per heavy atom. The highest BCUT2D eigenvalue weighted by Gasteiger charge is 2.34. The Morgan fingerprint density at radius 1 is 1.50 bits per heavy atom. The fourth-order valence-electron chi connectivity index (χ4n) is 2.70. The maximum Gasteiger partial charge on any atom is 0.324 e. The quantitative estimate of drug-likeness (QED) is 0.616. The standard InChI is InChI=1S/C15H25NO2/c1-5-6-13(16)15(17)18-14-9-11(4)7-8-12(14)10(2)3/h1,10-14H,6-9,16H2,2-4H3. The van der Waals surface area contributed by atoms with E-state index < -0.39 is 6.04 Å². The largest absolute Gasteiger partial charge is 0.461 e. The lowest BCUT2D eigenvalue weighted by Crippen LogP contribution is -2.40. The third-order valence-electron chi connectivity index (χ3n) is 3.87. The molecule has 0 aromatic rings. The lowest BCUT2D eigenvalue weighted by Gasteiger charge is -2.37. The van der Waals surface area contributed by atoms with Crippen LogP contribution in [0.2, 0.25) is 0 Å². The van der Waals surface area contributed by atoms with Gasteiger partial charge in [0.05, 0.1) is 0 Å². The predicted octanol–water partition coefficient (Wildman–Crippen LogP) is 2.34. The van der Waals surface area contributed by atoms with Crippen LogP contribution in [0.5, 0.6) is 0 Å². The van der Waals surface area contributed by atoms with Crippen molar-refractivity contribution < 1.29 is 9.53 Å². The van der Waals surface area contributed by atoms with Crippen molar-refractivity contribution in [2.24, 2.45) is 23.5 Å². The monoisotopic (exact) mass is 251 g/mol. The summed E-state index contributed by atoms with van der Waals surface area (Å²) in [5.41, 5.74) is 5.68. The van der Waals surface area contributed by atoms with Gasteiger partial charge >= 0.3 is 5.97 Å². The Kier molecular flexibility index (Phi) is 5.68. The van der Waals surface area contributed by atoms with Gasteiger partial charge in [-0.2, -0.15) is 0 Å². The molecule has 0 amide bonds. The topological polar surface area (TPSA) is 52.3 Å². The minimum absolute atomic E-state index is 0.00470. The van der Waals surface area contributed by atoms with E-state index >= 15 is 0 Å². The van der Waals surface area contributed by atoms with Crippen molar-refractivity contribution in [1.82, 2.24) is 0 Å². The summed E-state index contributed by atoms with van der Waals surface area (Å²) in [6.45, 7) is 6.57. The third kappa shape index (κ3) is 4.03. The molecule has 1 saturated carbocycles. The van der Waals surface area contributed by atoms with Crippen LogP contribution in [-0.4, -0.2) is 18.1 Å². The number of terminal acetylenes is 1. The van der Waals surface area contributed by atoms with E-state index in [1.807, 2.05) is 0 Å². The van der Waals surface area contributed by atoms with E-state index in [9.17, 15) is 4.79 Å². The molecular weight excluding hydrogens is 226 g/mol. The number of esters is 1. The Morgan fingerprint density at radius 2 is 2.17 bits per heavy atom. The van der Waals surface area contributed by atoms with Gasteiger partial charge in [-0.25, -0.2) is 0 Å². The van der Waals surface area contributed by atoms with Gasteiger partial charge in [-0.05, 0) is 30.6 Å². The fraction of sp³-hybridized carbons (Fsp3) is 0.800. The molecule has 0 aromatic carbocycles. The second kappa shape index (κ2) is 6.80. The Hall–Kier alpha value is -1.01. The van der Waals surface area contributed by atoms with Gasteiger partial charge in [-0.1, -0.05) is 27.2 Å². The number of hydrogen-bond acceptors (Lipinski definition) is 3. The van der Waals surface area contributed by atoms with Crippen molar-refractivity contribution in [2.75, 3.05) is 0 Å². The molecule has 4 unspecified atom stereocenters. The molecule has 0 spiro atoms. The first-order valence-corrected chi connectivity index (χ1v) is 6.85. The van der Waals surface area contributed by atoms with Gasteiger partial charge in [0.1, 0.15) is 12.1 Å². The van der Waals surface area contributed by atoms with E-state index in [0.29, 0.717) is 17.8 Å². The summed E-state index contributed by atoms with van der Waals surface area (Å²) >= 11 is 0. The highest BCUT2D eigenvalue weighted by molar-refractivity contribution is 5.76. The van der Waals surface area contributed by atoms with Crippen LogP contribution in [0.15, 0.2) is 0 Å². The predicted molar refractivity (Wildman–Crippen MR) is 72.6 cm³/mol. The van der Waals surface area contributed by atoms with Gasteiger partial charge in [0.25, 0.3) is 0 Å². The summed E-state index contributed by atoms with van der Waals surface area (Å²) in [5.74, 6) is 3.64. The van der Waals surface area contributed by atoms with Crippen molar-refractivity contribution in [3.05, 3.63) is 0 Å². The maximum absolute atomic E-state index is 11.8. The molecule has 0 aromatic heterocycles. The molecule has 3 heteroatoms. The lowest BCUT2D eigenvalue weighted by atomic mass is 9.75. The van der Waals surface area contributed by atoms with Gasteiger partial charge < -0.3 is 10.5 Å². The first-order chi connectivity index (χ1) is 8.45. The molecule has 3 nitrogen and oxygen atoms in total. The molecule has 4 atom stereocenters. The van der Waals surface area contributed by atoms with Gasteiger partial charge in [0, 0.05) is 6.42 Å². The SMILES string of the molecule is C#CCC(N)C(=O)OC1CC(C)CCC1C(C)C. The summed E-state index contributed by atoms with van der Waals surface area (Å²) in [5, 5.41) is 0. The highest BCUT2D eigenvalue weighted by Crippen LogP contribution is 2.35. The van der Waals surface area contributed by atoms with E-state index in [1.165, 1.54) is 6.42 Å². The van der Waals surface area contributed by atoms with Crippen molar-refractivity contribution >= 4 is 5.97 Å². The molecule has 0 heterocycles. The van der Waals surface area contributed by atoms with Crippen LogP contribution in [-0.2, 0) is 9.53 Å². The van der Waals surface area contributed by atoms with Gasteiger partial charge in [-0.15, -0.1) is 12.3 Å². The summed E-state index contributed by atoms with van der Waals surface area (Å²) in [6, 6.07) is -0.681. The average Bonchev–Trinajstić information content (AvgIpc) is 2.28. The number of nitrogens with two attached hydrogens (primary N) is 1. The first-order valence-electron chi connectivity index (χ1n) is 6.85. The second-order valence-corrected chi connectivity index (χ2v) is 5.82. The van der Waals surface area contributed by atoms with Crippen LogP contribution in [0.1, 0.15) is 46.5 Å². The molecule has 1 aliphatic carbocycles. The van der Waals surface area contributed by atoms with Crippen LogP contribution < -0.4 is 5.73 Å². The van der Waals surface area contributed by atoms with E-state index in [-0.39, 0.29) is 18.5 Å². The van der Waals surface area contributed by atoms with Crippen molar-refractivity contribution in [3.8, 4) is 12.3 Å². The molecule has 0 radical (unpaired) electrons. The molecule has 102 valence electrons. The highest BCUT2D eigenvalue weighted by atomic mass is 16.5. The van der Waals surface area contributed by atoms with E-state index in [2.05, 4.69) is 26.7 Å². The fourth-order valence-corrected chi connectivity index (χ4v) is 2.70. The lowest BCUT2D eigenvalue weighted by molar-refractivity contribution is -0.157. The van der Waals surface area contributed by atoms with Crippen molar-refractivity contribution in [1.29, 1.82) is 0 Å². The Labute approximate surface area is 110 Å². The zero-order chi connectivity index (χ0) is 13.7. The normalized spacial score (nSPS) is 29.7. The van der Waals surface area contributed by atoms with Crippen LogP contribution in [0.4, 0.5) is 0 Å². The minimum atomic E-state index is -0.681. The van der Waals surface area contributed by atoms with Gasteiger partial charge in [0.15, 0.2) is 0 Å². The number of hydrogen-bond donors (Lipinski definition) is 1. The number of carbonyl (C=O) groups is 1. The summed E-state index contributed by atoms with van der Waals surface area (Å²) in [6.07, 6.45) is 8.69. The van der Waals surface area contributed by atoms with Crippen LogP contribution in [0.25, 0.3) is 0 Å². The third-order valence-corrected chi connectivity index (χ3v) is 3.87. The number of ether oxygens (including phenoxy) is 1. The minimum Gasteiger partial charge on any atom is -0.461 e. The number of rotatable bonds is 4. The van der Waals surface area contributed by atoms with Gasteiger partial charge in [0.2, 0.25) is 0 Å². The Bertz CT molecular complexity index is 319. The molecule has 0 saturated heterocycles. The molecule has 2 N–H and O–H groups in total. The number of carbonyl (C=O) groups excluding carboxylic acids is 1. The molecule has 1 rings (SSSR count). The maximum atomic E-state index is 11.8. The summed E-state index contributed by atoms with van der Waals surface area (Å²) in [4.78, 5) is 11.8. The smallest absolute Gasteiger partial charge is 0.324 e. The average molecular weight is 251 g/mol.